The maximum atomic E-state index is 13.3. The Morgan fingerprint density at radius 2 is 1.96 bits per heavy atom. The Morgan fingerprint density at radius 1 is 1.26 bits per heavy atom. The predicted molar refractivity (Wildman–Crippen MR) is 86.0 cm³/mol. The van der Waals surface area contributed by atoms with Gasteiger partial charge in [0.15, 0.2) is 5.69 Å². The van der Waals surface area contributed by atoms with Crippen molar-refractivity contribution in [3.8, 4) is 0 Å². The molecule has 0 radical (unpaired) electrons. The Morgan fingerprint density at radius 3 is 2.59 bits per heavy atom. The van der Waals surface area contributed by atoms with Crippen molar-refractivity contribution in [3.05, 3.63) is 53.3 Å². The van der Waals surface area contributed by atoms with Crippen LogP contribution in [0.4, 0.5) is 18.0 Å². The third kappa shape index (κ3) is 4.04. The number of halogens is 3. The van der Waals surface area contributed by atoms with Crippen LogP contribution >= 0.6 is 0 Å². The van der Waals surface area contributed by atoms with Gasteiger partial charge in [0, 0.05) is 13.1 Å². The van der Waals surface area contributed by atoms with E-state index in [1.54, 1.807) is 24.3 Å². The van der Waals surface area contributed by atoms with E-state index in [0.29, 0.717) is 10.9 Å². The molecule has 1 atom stereocenters. The number of carbonyl (C=O) groups excluding carboxylic acids is 1. The first kappa shape index (κ1) is 18.7. The zero-order chi connectivity index (χ0) is 19.6. The number of rotatable bonds is 4. The summed E-state index contributed by atoms with van der Waals surface area (Å²) in [7, 11) is 0. The second kappa shape index (κ2) is 7.29. The Kier molecular flexibility index (Phi) is 5.06. The van der Waals surface area contributed by atoms with Gasteiger partial charge in [-0.3, -0.25) is 4.68 Å². The van der Waals surface area contributed by atoms with Crippen LogP contribution in [0, 0.1) is 0 Å². The summed E-state index contributed by atoms with van der Waals surface area (Å²) < 4.78 is 45.7. The number of amides is 1. The molecule has 0 spiro atoms. The van der Waals surface area contributed by atoms with Crippen LogP contribution in [0.2, 0.25) is 0 Å². The number of aromatic carboxylic acids is 1. The Bertz CT molecular complexity index is 836. The quantitative estimate of drug-likeness (QED) is 0.877. The number of likely N-dealkylation sites (tertiary alicyclic amines) is 1. The summed E-state index contributed by atoms with van der Waals surface area (Å²) in [5, 5.41) is 12.6. The first-order valence-corrected chi connectivity index (χ1v) is 8.11. The molecule has 1 saturated heterocycles. The number of carboxylic acids is 1. The summed E-state index contributed by atoms with van der Waals surface area (Å²) in [5.41, 5.74) is -1.44. The van der Waals surface area contributed by atoms with Gasteiger partial charge in [0.25, 0.3) is 0 Å². The van der Waals surface area contributed by atoms with Crippen LogP contribution in [-0.2, 0) is 17.5 Å². The fourth-order valence-corrected chi connectivity index (χ4v) is 3.00. The SMILES string of the molecule is O=C(O)c1cnn(C2CCN(C(=O)OCc3ccccc3)C2)c1C(F)(F)F. The van der Waals surface area contributed by atoms with Crippen LogP contribution in [0.15, 0.2) is 36.5 Å². The molecule has 1 aromatic heterocycles. The minimum atomic E-state index is -4.87. The highest BCUT2D eigenvalue weighted by atomic mass is 19.4. The molecule has 0 bridgehead atoms. The number of aromatic nitrogens is 2. The largest absolute Gasteiger partial charge is 0.478 e. The smallest absolute Gasteiger partial charge is 0.433 e. The van der Waals surface area contributed by atoms with Crippen molar-refractivity contribution in [3.63, 3.8) is 0 Å². The molecular weight excluding hydrogens is 367 g/mol. The van der Waals surface area contributed by atoms with E-state index in [1.807, 2.05) is 6.07 Å². The van der Waals surface area contributed by atoms with Crippen molar-refractivity contribution < 1.29 is 32.6 Å². The maximum absolute atomic E-state index is 13.3. The van der Waals surface area contributed by atoms with Gasteiger partial charge in [-0.2, -0.15) is 18.3 Å². The number of hydrogen-bond acceptors (Lipinski definition) is 4. The lowest BCUT2D eigenvalue weighted by atomic mass is 10.2. The van der Waals surface area contributed by atoms with Crippen molar-refractivity contribution in [2.24, 2.45) is 0 Å². The topological polar surface area (TPSA) is 84.7 Å². The van der Waals surface area contributed by atoms with Gasteiger partial charge in [-0.1, -0.05) is 30.3 Å². The van der Waals surface area contributed by atoms with E-state index in [2.05, 4.69) is 5.10 Å². The first-order chi connectivity index (χ1) is 12.8. The zero-order valence-electron chi connectivity index (χ0n) is 14.0. The number of hydrogen-bond donors (Lipinski definition) is 1. The summed E-state index contributed by atoms with van der Waals surface area (Å²) in [5.74, 6) is -1.70. The van der Waals surface area contributed by atoms with Gasteiger partial charge in [-0.25, -0.2) is 9.59 Å². The number of alkyl halides is 3. The van der Waals surface area contributed by atoms with Crippen LogP contribution in [0.5, 0.6) is 0 Å². The van der Waals surface area contributed by atoms with Crippen molar-refractivity contribution in [1.29, 1.82) is 0 Å². The average molecular weight is 383 g/mol. The summed E-state index contributed by atoms with van der Waals surface area (Å²) >= 11 is 0. The Hall–Kier alpha value is -3.04. The van der Waals surface area contributed by atoms with E-state index in [4.69, 9.17) is 9.84 Å². The molecule has 1 N–H and O–H groups in total. The van der Waals surface area contributed by atoms with Crippen LogP contribution in [0.25, 0.3) is 0 Å². The van der Waals surface area contributed by atoms with Gasteiger partial charge in [0.1, 0.15) is 12.2 Å². The van der Waals surface area contributed by atoms with Gasteiger partial charge in [0.2, 0.25) is 0 Å². The molecule has 2 aromatic rings. The zero-order valence-corrected chi connectivity index (χ0v) is 14.0. The molecular formula is C17H16F3N3O4. The Balaban J connectivity index is 1.69. The Labute approximate surface area is 151 Å². The van der Waals surface area contributed by atoms with Crippen molar-refractivity contribution in [2.75, 3.05) is 13.1 Å². The fourth-order valence-electron chi connectivity index (χ4n) is 3.00. The molecule has 10 heteroatoms. The van der Waals surface area contributed by atoms with Gasteiger partial charge in [-0.05, 0) is 12.0 Å². The van der Waals surface area contributed by atoms with Crippen LogP contribution < -0.4 is 0 Å². The number of carboxylic acid groups (broad SMARTS) is 1. The molecule has 27 heavy (non-hydrogen) atoms. The van der Waals surface area contributed by atoms with Gasteiger partial charge < -0.3 is 14.7 Å². The lowest BCUT2D eigenvalue weighted by Gasteiger charge is -2.19. The summed E-state index contributed by atoms with van der Waals surface area (Å²) in [6.07, 6.45) is -4.61. The third-order valence-corrected chi connectivity index (χ3v) is 4.27. The summed E-state index contributed by atoms with van der Waals surface area (Å²) in [6.45, 7) is 0.203. The van der Waals surface area contributed by atoms with E-state index in [9.17, 15) is 22.8 Å². The van der Waals surface area contributed by atoms with Crippen molar-refractivity contribution >= 4 is 12.1 Å². The van der Waals surface area contributed by atoms with E-state index in [1.165, 1.54) is 4.90 Å². The molecule has 1 unspecified atom stereocenters. The second-order valence-corrected chi connectivity index (χ2v) is 6.08. The number of benzene rings is 1. The highest BCUT2D eigenvalue weighted by Gasteiger charge is 2.43. The van der Waals surface area contributed by atoms with Crippen molar-refractivity contribution in [1.82, 2.24) is 14.7 Å². The second-order valence-electron chi connectivity index (χ2n) is 6.08. The summed E-state index contributed by atoms with van der Waals surface area (Å²) in [4.78, 5) is 24.5. The van der Waals surface area contributed by atoms with Crippen molar-refractivity contribution in [2.45, 2.75) is 25.2 Å². The number of nitrogens with zero attached hydrogens (tertiary/aromatic N) is 3. The summed E-state index contributed by atoms with van der Waals surface area (Å²) in [6, 6.07) is 8.21. The highest BCUT2D eigenvalue weighted by Crippen LogP contribution is 2.35. The molecule has 7 nitrogen and oxygen atoms in total. The van der Waals surface area contributed by atoms with Gasteiger partial charge >= 0.3 is 18.2 Å². The van der Waals surface area contributed by atoms with E-state index in [-0.39, 0.29) is 26.1 Å². The van der Waals surface area contributed by atoms with E-state index in [0.717, 1.165) is 5.56 Å². The normalized spacial score (nSPS) is 17.1. The minimum absolute atomic E-state index is 0.0442. The molecule has 1 aliphatic heterocycles. The van der Waals surface area contributed by atoms with Crippen LogP contribution in [-0.4, -0.2) is 44.9 Å². The average Bonchev–Trinajstić information content (AvgIpc) is 3.26. The van der Waals surface area contributed by atoms with Gasteiger partial charge in [-0.15, -0.1) is 0 Å². The van der Waals surface area contributed by atoms with E-state index >= 15 is 0 Å². The van der Waals surface area contributed by atoms with E-state index < -0.39 is 35.5 Å². The minimum Gasteiger partial charge on any atom is -0.478 e. The third-order valence-electron chi connectivity index (χ3n) is 4.27. The van der Waals surface area contributed by atoms with Crippen LogP contribution in [0.3, 0.4) is 0 Å². The monoisotopic (exact) mass is 383 g/mol. The number of carbonyl (C=O) groups is 2. The lowest BCUT2D eigenvalue weighted by Crippen LogP contribution is -2.30. The predicted octanol–water partition coefficient (Wildman–Crippen LogP) is 3.18. The molecule has 1 aliphatic rings. The molecule has 144 valence electrons. The molecule has 3 rings (SSSR count). The molecule has 1 fully saturated rings. The maximum Gasteiger partial charge on any atom is 0.433 e. The molecule has 1 aromatic carbocycles. The standard InChI is InChI=1S/C17H16F3N3O4/c18-17(19,20)14-13(15(24)25)8-21-23(14)12-6-7-22(9-12)16(26)27-10-11-4-2-1-3-5-11/h1-5,8,12H,6-7,9-10H2,(H,24,25). The molecule has 2 heterocycles. The number of ether oxygens (including phenoxy) is 1. The molecule has 0 aliphatic carbocycles. The highest BCUT2D eigenvalue weighted by molar-refractivity contribution is 5.88. The first-order valence-electron chi connectivity index (χ1n) is 8.11. The lowest BCUT2D eigenvalue weighted by molar-refractivity contribution is -0.145. The van der Waals surface area contributed by atoms with Crippen LogP contribution in [0.1, 0.15) is 34.1 Å². The molecule has 1 amide bonds. The fraction of sp³-hybridized carbons (Fsp3) is 0.353. The molecule has 0 saturated carbocycles. The van der Waals surface area contributed by atoms with Gasteiger partial charge in [0.05, 0.1) is 12.2 Å².